The Morgan fingerprint density at radius 3 is 2.00 bits per heavy atom. The smallest absolute Gasteiger partial charge is 0.277 e. The van der Waals surface area contributed by atoms with Crippen molar-refractivity contribution in [2.24, 2.45) is 10.9 Å². The van der Waals surface area contributed by atoms with E-state index in [1.807, 2.05) is 0 Å². The zero-order chi connectivity index (χ0) is 9.07. The van der Waals surface area contributed by atoms with E-state index in [0.717, 1.165) is 4.31 Å². The fraction of sp³-hybridized carbons (Fsp3) is 1.00. The van der Waals surface area contributed by atoms with Crippen molar-refractivity contribution in [1.82, 2.24) is 4.31 Å². The van der Waals surface area contributed by atoms with Gasteiger partial charge >= 0.3 is 0 Å². The van der Waals surface area contributed by atoms with E-state index < -0.39 is 10.2 Å². The minimum absolute atomic E-state index is 0.131. The van der Waals surface area contributed by atoms with Gasteiger partial charge in [0.25, 0.3) is 10.2 Å². The first-order chi connectivity index (χ1) is 4.89. The predicted molar refractivity (Wildman–Crippen MR) is 44.0 cm³/mol. The molecule has 0 atom stereocenters. The standard InChI is InChI=1S/C5H15N3O2S/c1-5(2)8(4-3-6)11(7,9)10/h5H,3-4,6H2,1-2H3,(H2,7,9,10). The second-order valence-corrected chi connectivity index (χ2v) is 4.04. The van der Waals surface area contributed by atoms with E-state index in [9.17, 15) is 8.42 Å². The van der Waals surface area contributed by atoms with Crippen LogP contribution in [0.15, 0.2) is 0 Å². The van der Waals surface area contributed by atoms with Gasteiger partial charge in [0.1, 0.15) is 0 Å². The van der Waals surface area contributed by atoms with Gasteiger partial charge in [0.05, 0.1) is 0 Å². The van der Waals surface area contributed by atoms with Gasteiger partial charge in [-0.2, -0.15) is 12.7 Å². The van der Waals surface area contributed by atoms with Crippen molar-refractivity contribution in [2.45, 2.75) is 19.9 Å². The summed E-state index contributed by atoms with van der Waals surface area (Å²) >= 11 is 0. The molecule has 0 amide bonds. The Morgan fingerprint density at radius 2 is 1.91 bits per heavy atom. The van der Waals surface area contributed by atoms with Gasteiger partial charge in [-0.1, -0.05) is 0 Å². The third kappa shape index (κ3) is 3.66. The molecular weight excluding hydrogens is 166 g/mol. The molecule has 6 heteroatoms. The SMILES string of the molecule is CC(C)N(CCN)S(N)(=O)=O. The van der Waals surface area contributed by atoms with Crippen molar-refractivity contribution in [3.8, 4) is 0 Å². The Hall–Kier alpha value is -0.170. The van der Waals surface area contributed by atoms with Crippen LogP contribution in [0, 0.1) is 0 Å². The monoisotopic (exact) mass is 181 g/mol. The lowest BCUT2D eigenvalue weighted by molar-refractivity contribution is 0.362. The number of hydrogen-bond donors (Lipinski definition) is 2. The van der Waals surface area contributed by atoms with E-state index in [2.05, 4.69) is 0 Å². The summed E-state index contributed by atoms with van der Waals surface area (Å²) in [5.74, 6) is 0. The fourth-order valence-electron chi connectivity index (χ4n) is 0.807. The topological polar surface area (TPSA) is 89.4 Å². The van der Waals surface area contributed by atoms with E-state index in [1.54, 1.807) is 13.8 Å². The third-order valence-electron chi connectivity index (χ3n) is 1.25. The van der Waals surface area contributed by atoms with Gasteiger partial charge in [-0.25, -0.2) is 5.14 Å². The molecule has 0 aromatic rings. The molecule has 0 radical (unpaired) electrons. The van der Waals surface area contributed by atoms with Crippen LogP contribution in [-0.4, -0.2) is 31.9 Å². The van der Waals surface area contributed by atoms with Crippen molar-refractivity contribution >= 4 is 10.2 Å². The highest BCUT2D eigenvalue weighted by Crippen LogP contribution is 2.00. The van der Waals surface area contributed by atoms with Gasteiger partial charge in [-0.15, -0.1) is 0 Å². The van der Waals surface area contributed by atoms with E-state index >= 15 is 0 Å². The average molecular weight is 181 g/mol. The molecule has 0 aliphatic heterocycles. The quantitative estimate of drug-likeness (QED) is 0.574. The van der Waals surface area contributed by atoms with Gasteiger partial charge in [0.2, 0.25) is 0 Å². The number of nitrogens with zero attached hydrogens (tertiary/aromatic N) is 1. The summed E-state index contributed by atoms with van der Waals surface area (Å²) in [6, 6.07) is -0.131. The molecule has 0 spiro atoms. The van der Waals surface area contributed by atoms with Crippen LogP contribution in [0.5, 0.6) is 0 Å². The van der Waals surface area contributed by atoms with Crippen LogP contribution < -0.4 is 10.9 Å². The molecule has 5 nitrogen and oxygen atoms in total. The molecule has 4 N–H and O–H groups in total. The maximum atomic E-state index is 10.8. The Kier molecular flexibility index (Phi) is 3.95. The van der Waals surface area contributed by atoms with Gasteiger partial charge in [-0.05, 0) is 13.8 Å². The first-order valence-corrected chi connectivity index (χ1v) is 4.89. The summed E-state index contributed by atoms with van der Waals surface area (Å²) in [5.41, 5.74) is 5.20. The van der Waals surface area contributed by atoms with Crippen LogP contribution in [0.2, 0.25) is 0 Å². The second-order valence-electron chi connectivity index (χ2n) is 2.54. The maximum absolute atomic E-state index is 10.8. The van der Waals surface area contributed by atoms with Crippen molar-refractivity contribution in [2.75, 3.05) is 13.1 Å². The molecule has 0 saturated carbocycles. The van der Waals surface area contributed by atoms with E-state index in [-0.39, 0.29) is 19.1 Å². The molecule has 0 aliphatic rings. The molecule has 0 aliphatic carbocycles. The van der Waals surface area contributed by atoms with Gasteiger partial charge in [-0.3, -0.25) is 0 Å². The Labute approximate surface area is 67.5 Å². The highest BCUT2D eigenvalue weighted by Gasteiger charge is 2.18. The van der Waals surface area contributed by atoms with Crippen molar-refractivity contribution in [3.63, 3.8) is 0 Å². The minimum Gasteiger partial charge on any atom is -0.329 e. The lowest BCUT2D eigenvalue weighted by Gasteiger charge is -2.22. The lowest BCUT2D eigenvalue weighted by Crippen LogP contribution is -2.44. The predicted octanol–water partition coefficient (Wildman–Crippen LogP) is -1.14. The number of nitrogens with two attached hydrogens (primary N) is 2. The van der Waals surface area contributed by atoms with Crippen molar-refractivity contribution in [3.05, 3.63) is 0 Å². The second kappa shape index (κ2) is 4.01. The maximum Gasteiger partial charge on any atom is 0.277 e. The van der Waals surface area contributed by atoms with E-state index in [0.29, 0.717) is 0 Å². The van der Waals surface area contributed by atoms with Gasteiger partial charge in [0.15, 0.2) is 0 Å². The Morgan fingerprint density at radius 1 is 1.45 bits per heavy atom. The van der Waals surface area contributed by atoms with Crippen LogP contribution in [0.3, 0.4) is 0 Å². The average Bonchev–Trinajstić information content (AvgIpc) is 1.79. The van der Waals surface area contributed by atoms with Crippen LogP contribution in [-0.2, 0) is 10.2 Å². The summed E-state index contributed by atoms with van der Waals surface area (Å²) < 4.78 is 22.8. The van der Waals surface area contributed by atoms with Crippen LogP contribution in [0.25, 0.3) is 0 Å². The highest BCUT2D eigenvalue weighted by atomic mass is 32.2. The molecule has 11 heavy (non-hydrogen) atoms. The molecular formula is C5H15N3O2S. The molecule has 0 saturated heterocycles. The fourth-order valence-corrected chi connectivity index (χ4v) is 1.75. The summed E-state index contributed by atoms with van der Waals surface area (Å²) in [7, 11) is -3.57. The third-order valence-corrected chi connectivity index (χ3v) is 2.51. The molecule has 0 bridgehead atoms. The normalized spacial score (nSPS) is 12.9. The Balaban J connectivity index is 4.36. The summed E-state index contributed by atoms with van der Waals surface area (Å²) in [5, 5.41) is 4.91. The molecule has 68 valence electrons. The van der Waals surface area contributed by atoms with E-state index in [1.165, 1.54) is 0 Å². The summed E-state index contributed by atoms with van der Waals surface area (Å²) in [6.45, 7) is 4.06. The lowest BCUT2D eigenvalue weighted by atomic mass is 10.4. The van der Waals surface area contributed by atoms with Crippen LogP contribution in [0.4, 0.5) is 0 Å². The molecule has 0 aromatic heterocycles. The van der Waals surface area contributed by atoms with Crippen LogP contribution in [0.1, 0.15) is 13.8 Å². The zero-order valence-electron chi connectivity index (χ0n) is 6.82. The first-order valence-electron chi connectivity index (χ1n) is 3.39. The van der Waals surface area contributed by atoms with Crippen LogP contribution >= 0.6 is 0 Å². The highest BCUT2D eigenvalue weighted by molar-refractivity contribution is 7.86. The molecule has 0 fully saturated rings. The summed E-state index contributed by atoms with van der Waals surface area (Å²) in [4.78, 5) is 0. The first kappa shape index (κ1) is 10.8. The molecule has 0 heterocycles. The number of rotatable bonds is 4. The van der Waals surface area contributed by atoms with E-state index in [4.69, 9.17) is 10.9 Å². The Bertz CT molecular complexity index is 200. The molecule has 0 aromatic carbocycles. The number of hydrogen-bond acceptors (Lipinski definition) is 3. The largest absolute Gasteiger partial charge is 0.329 e. The molecule has 0 unspecified atom stereocenters. The zero-order valence-corrected chi connectivity index (χ0v) is 7.63. The minimum atomic E-state index is -3.57. The van der Waals surface area contributed by atoms with Gasteiger partial charge in [0, 0.05) is 19.1 Å². The van der Waals surface area contributed by atoms with Crippen molar-refractivity contribution in [1.29, 1.82) is 0 Å². The van der Waals surface area contributed by atoms with Gasteiger partial charge < -0.3 is 5.73 Å². The summed E-state index contributed by atoms with van der Waals surface area (Å²) in [6.07, 6.45) is 0. The molecule has 0 rings (SSSR count). The van der Waals surface area contributed by atoms with Crippen molar-refractivity contribution < 1.29 is 8.42 Å².